The molecule has 1 aromatic heterocycles. The van der Waals surface area contributed by atoms with Crippen LogP contribution in [0.3, 0.4) is 0 Å². The van der Waals surface area contributed by atoms with Crippen molar-refractivity contribution in [3.05, 3.63) is 100 Å². The second-order valence-corrected chi connectivity index (χ2v) is 11.8. The first kappa shape index (κ1) is 27.8. The lowest BCUT2D eigenvalue weighted by Crippen LogP contribution is -2.50. The molecule has 2 heterocycles. The standard InChI is InChI=1S/C28H31F2N3O4S/c1-2-18-3-4-21-16-38(36,37)17-26(24(21)11-18)32-15-27(34)25(12-20-9-22(29)14-23(30)10-20)33-28(35)13-19-5-7-31-8-6-19/h3-11,14,25-27,32,34H,2,12-13,15-17H2,1H3,(H,33,35)/t25-,26-,27+/m0/s1. The Morgan fingerprint density at radius 1 is 1.05 bits per heavy atom. The highest BCUT2D eigenvalue weighted by Crippen LogP contribution is 2.29. The molecule has 3 aromatic rings. The van der Waals surface area contributed by atoms with Crippen molar-refractivity contribution in [3.8, 4) is 0 Å². The maximum absolute atomic E-state index is 13.8. The zero-order valence-corrected chi connectivity index (χ0v) is 21.8. The quantitative estimate of drug-likeness (QED) is 0.363. The molecule has 0 unspecified atom stereocenters. The molecule has 0 fully saturated rings. The number of pyridine rings is 1. The fourth-order valence-electron chi connectivity index (χ4n) is 4.74. The fourth-order valence-corrected chi connectivity index (χ4v) is 6.40. The van der Waals surface area contributed by atoms with Crippen LogP contribution in [0.2, 0.25) is 0 Å². The zero-order valence-electron chi connectivity index (χ0n) is 21.0. The van der Waals surface area contributed by atoms with E-state index in [2.05, 4.69) is 15.6 Å². The summed E-state index contributed by atoms with van der Waals surface area (Å²) in [5.41, 5.74) is 3.66. The van der Waals surface area contributed by atoms with Crippen LogP contribution < -0.4 is 10.6 Å². The number of nitrogens with one attached hydrogen (secondary N) is 2. The van der Waals surface area contributed by atoms with Gasteiger partial charge < -0.3 is 15.7 Å². The molecule has 7 nitrogen and oxygen atoms in total. The number of amides is 1. The zero-order chi connectivity index (χ0) is 27.3. The van der Waals surface area contributed by atoms with Gasteiger partial charge in [-0.1, -0.05) is 25.1 Å². The smallest absolute Gasteiger partial charge is 0.224 e. The summed E-state index contributed by atoms with van der Waals surface area (Å²) >= 11 is 0. The molecule has 0 radical (unpaired) electrons. The number of aliphatic hydroxyl groups is 1. The first-order valence-electron chi connectivity index (χ1n) is 12.5. The minimum absolute atomic E-state index is 0.0286. The molecule has 0 bridgehead atoms. The van der Waals surface area contributed by atoms with Crippen LogP contribution in [0.25, 0.3) is 0 Å². The van der Waals surface area contributed by atoms with E-state index in [4.69, 9.17) is 0 Å². The molecule has 10 heteroatoms. The Kier molecular flexibility index (Phi) is 8.86. The van der Waals surface area contributed by atoms with E-state index < -0.39 is 39.7 Å². The number of aryl methyl sites for hydroxylation is 1. The third-order valence-corrected chi connectivity index (χ3v) is 8.26. The number of carbonyl (C=O) groups is 1. The van der Waals surface area contributed by atoms with E-state index in [0.29, 0.717) is 0 Å². The highest BCUT2D eigenvalue weighted by atomic mass is 32.2. The molecule has 0 spiro atoms. The van der Waals surface area contributed by atoms with Gasteiger partial charge in [-0.3, -0.25) is 9.78 Å². The molecule has 0 saturated heterocycles. The molecule has 0 saturated carbocycles. The maximum atomic E-state index is 13.8. The van der Waals surface area contributed by atoms with E-state index in [1.54, 1.807) is 24.5 Å². The van der Waals surface area contributed by atoms with E-state index in [-0.39, 0.29) is 42.4 Å². The molecule has 1 amide bonds. The Bertz CT molecular complexity index is 1370. The van der Waals surface area contributed by atoms with Crippen LogP contribution in [-0.4, -0.2) is 48.9 Å². The predicted molar refractivity (Wildman–Crippen MR) is 140 cm³/mol. The number of fused-ring (bicyclic) bond motifs is 1. The number of hydrogen-bond donors (Lipinski definition) is 3. The highest BCUT2D eigenvalue weighted by molar-refractivity contribution is 7.90. The summed E-state index contributed by atoms with van der Waals surface area (Å²) in [6, 6.07) is 10.8. The minimum atomic E-state index is -3.35. The van der Waals surface area contributed by atoms with Crippen LogP contribution in [0.4, 0.5) is 8.78 Å². The second kappa shape index (κ2) is 12.1. The molecule has 1 aliphatic heterocycles. The van der Waals surface area contributed by atoms with E-state index in [1.165, 1.54) is 0 Å². The minimum Gasteiger partial charge on any atom is -0.390 e. The second-order valence-electron chi connectivity index (χ2n) is 9.66. The van der Waals surface area contributed by atoms with Gasteiger partial charge in [0.1, 0.15) is 11.6 Å². The largest absolute Gasteiger partial charge is 0.390 e. The molecular formula is C28H31F2N3O4S. The number of carbonyl (C=O) groups excluding carboxylic acids is 1. The lowest BCUT2D eigenvalue weighted by atomic mass is 9.97. The normalized spacial score (nSPS) is 17.8. The predicted octanol–water partition coefficient (Wildman–Crippen LogP) is 2.81. The summed E-state index contributed by atoms with van der Waals surface area (Å²) in [6.45, 7) is 1.97. The molecule has 0 aliphatic carbocycles. The Balaban J connectivity index is 1.51. The van der Waals surface area contributed by atoms with Gasteiger partial charge in [0.05, 0.1) is 30.1 Å². The first-order chi connectivity index (χ1) is 18.1. The van der Waals surface area contributed by atoms with Crippen molar-refractivity contribution < 1.29 is 27.1 Å². The van der Waals surface area contributed by atoms with Gasteiger partial charge in [-0.05, 0) is 64.9 Å². The number of hydrogen-bond acceptors (Lipinski definition) is 6. The number of aliphatic hydroxyl groups excluding tert-OH is 1. The highest BCUT2D eigenvalue weighted by Gasteiger charge is 2.31. The van der Waals surface area contributed by atoms with Crippen LogP contribution in [-0.2, 0) is 39.6 Å². The Morgan fingerprint density at radius 2 is 1.76 bits per heavy atom. The maximum Gasteiger partial charge on any atom is 0.224 e. The Morgan fingerprint density at radius 3 is 2.45 bits per heavy atom. The monoisotopic (exact) mass is 543 g/mol. The molecular weight excluding hydrogens is 512 g/mol. The SMILES string of the molecule is CCc1ccc2c(c1)[C@@H](NC[C@@H](O)[C@H](Cc1cc(F)cc(F)c1)NC(=O)Cc1ccncc1)CS(=O)(=O)C2. The number of halogens is 2. The van der Waals surface area contributed by atoms with E-state index in [0.717, 1.165) is 46.9 Å². The molecule has 4 rings (SSSR count). The molecule has 202 valence electrons. The van der Waals surface area contributed by atoms with Crippen molar-refractivity contribution in [2.45, 2.75) is 50.1 Å². The Hall–Kier alpha value is -3.21. The number of nitrogens with zero attached hydrogens (tertiary/aromatic N) is 1. The lowest BCUT2D eigenvalue weighted by molar-refractivity contribution is -0.122. The van der Waals surface area contributed by atoms with Crippen LogP contribution in [0, 0.1) is 11.6 Å². The van der Waals surface area contributed by atoms with Crippen LogP contribution in [0.5, 0.6) is 0 Å². The number of aromatic nitrogens is 1. The molecule has 2 aromatic carbocycles. The van der Waals surface area contributed by atoms with Gasteiger partial charge in [0.15, 0.2) is 9.84 Å². The van der Waals surface area contributed by atoms with Crippen molar-refractivity contribution in [1.29, 1.82) is 0 Å². The third-order valence-electron chi connectivity index (χ3n) is 6.67. The van der Waals surface area contributed by atoms with Gasteiger partial charge in [0, 0.05) is 31.0 Å². The van der Waals surface area contributed by atoms with Crippen molar-refractivity contribution in [1.82, 2.24) is 15.6 Å². The van der Waals surface area contributed by atoms with Gasteiger partial charge in [0.2, 0.25) is 5.91 Å². The van der Waals surface area contributed by atoms with Gasteiger partial charge in [-0.15, -0.1) is 0 Å². The lowest BCUT2D eigenvalue weighted by Gasteiger charge is -2.30. The topological polar surface area (TPSA) is 108 Å². The van der Waals surface area contributed by atoms with Crippen molar-refractivity contribution in [2.75, 3.05) is 12.3 Å². The summed E-state index contributed by atoms with van der Waals surface area (Å²) in [7, 11) is -3.35. The number of benzene rings is 2. The summed E-state index contributed by atoms with van der Waals surface area (Å²) in [4.78, 5) is 16.7. The summed E-state index contributed by atoms with van der Waals surface area (Å²) < 4.78 is 52.8. The van der Waals surface area contributed by atoms with Gasteiger partial charge in [-0.2, -0.15) is 0 Å². The van der Waals surface area contributed by atoms with Gasteiger partial charge >= 0.3 is 0 Å². The summed E-state index contributed by atoms with van der Waals surface area (Å²) in [5.74, 6) is -2.05. The summed E-state index contributed by atoms with van der Waals surface area (Å²) in [5, 5.41) is 17.1. The van der Waals surface area contributed by atoms with Crippen molar-refractivity contribution in [3.63, 3.8) is 0 Å². The van der Waals surface area contributed by atoms with Crippen molar-refractivity contribution >= 4 is 15.7 Å². The average Bonchev–Trinajstić information content (AvgIpc) is 2.86. The van der Waals surface area contributed by atoms with Crippen molar-refractivity contribution in [2.24, 2.45) is 0 Å². The van der Waals surface area contributed by atoms with Crippen LogP contribution in [0.15, 0.2) is 60.9 Å². The van der Waals surface area contributed by atoms with Crippen LogP contribution >= 0.6 is 0 Å². The van der Waals surface area contributed by atoms with E-state index in [1.807, 2.05) is 25.1 Å². The molecule has 3 atom stereocenters. The van der Waals surface area contributed by atoms with Gasteiger partial charge in [0.25, 0.3) is 0 Å². The fraction of sp³-hybridized carbons (Fsp3) is 0.357. The van der Waals surface area contributed by atoms with E-state index >= 15 is 0 Å². The Labute approximate surface area is 221 Å². The summed E-state index contributed by atoms with van der Waals surface area (Å²) in [6.07, 6.45) is 2.75. The number of sulfone groups is 1. The van der Waals surface area contributed by atoms with Gasteiger partial charge in [-0.25, -0.2) is 17.2 Å². The van der Waals surface area contributed by atoms with Crippen LogP contribution in [0.1, 0.15) is 40.8 Å². The number of rotatable bonds is 10. The van der Waals surface area contributed by atoms with E-state index in [9.17, 15) is 27.1 Å². The molecule has 38 heavy (non-hydrogen) atoms. The molecule has 1 aliphatic rings. The molecule has 3 N–H and O–H groups in total. The first-order valence-corrected chi connectivity index (χ1v) is 14.3. The average molecular weight is 544 g/mol. The third kappa shape index (κ3) is 7.43.